The summed E-state index contributed by atoms with van der Waals surface area (Å²) in [6, 6.07) is 0. The summed E-state index contributed by atoms with van der Waals surface area (Å²) in [7, 11) is 0. The van der Waals surface area contributed by atoms with Crippen LogP contribution in [0.4, 0.5) is 0 Å². The highest BCUT2D eigenvalue weighted by Gasteiger charge is 2.54. The second-order valence-corrected chi connectivity index (χ2v) is 4.82. The molecule has 0 unspecified atom stereocenters. The Morgan fingerprint density at radius 2 is 1.46 bits per heavy atom. The van der Waals surface area contributed by atoms with Gasteiger partial charge in [0.15, 0.2) is 0 Å². The number of hydrogen-bond donors (Lipinski definition) is 0. The summed E-state index contributed by atoms with van der Waals surface area (Å²) in [4.78, 5) is 23.1. The van der Waals surface area contributed by atoms with E-state index in [-0.39, 0.29) is 11.8 Å². The number of carbonyl (C=O) groups is 2. The van der Waals surface area contributed by atoms with Crippen LogP contribution in [-0.4, -0.2) is 11.6 Å². The predicted molar refractivity (Wildman–Crippen MR) is 47.1 cm³/mol. The van der Waals surface area contributed by atoms with Crippen LogP contribution >= 0.6 is 0 Å². The maximum absolute atomic E-state index is 11.8. The van der Waals surface area contributed by atoms with Gasteiger partial charge in [-0.1, -0.05) is 6.42 Å². The van der Waals surface area contributed by atoms with Crippen molar-refractivity contribution >= 4 is 11.6 Å². The number of ketones is 2. The van der Waals surface area contributed by atoms with E-state index in [1.807, 2.05) is 0 Å². The predicted octanol–water partition coefficient (Wildman–Crippen LogP) is 1.58. The molecule has 0 aromatic heterocycles. The second-order valence-electron chi connectivity index (χ2n) is 4.82. The number of fused-ring (bicyclic) bond motifs is 5. The topological polar surface area (TPSA) is 34.1 Å². The van der Waals surface area contributed by atoms with Gasteiger partial charge in [0.25, 0.3) is 0 Å². The van der Waals surface area contributed by atoms with Gasteiger partial charge in [-0.3, -0.25) is 9.59 Å². The third kappa shape index (κ3) is 0.890. The lowest BCUT2D eigenvalue weighted by atomic mass is 9.84. The van der Waals surface area contributed by atoms with Gasteiger partial charge >= 0.3 is 0 Å². The second kappa shape index (κ2) is 2.43. The molecule has 70 valence electrons. The molecular formula is C11H14O2. The zero-order valence-corrected chi connectivity index (χ0v) is 7.66. The fourth-order valence-corrected chi connectivity index (χ4v) is 3.76. The minimum absolute atomic E-state index is 0.273. The van der Waals surface area contributed by atoms with Crippen molar-refractivity contribution in [1.82, 2.24) is 0 Å². The minimum atomic E-state index is 0.273. The summed E-state index contributed by atoms with van der Waals surface area (Å²) in [5.41, 5.74) is 0. The van der Waals surface area contributed by atoms with Crippen molar-refractivity contribution in [2.45, 2.75) is 32.1 Å². The van der Waals surface area contributed by atoms with E-state index in [1.165, 1.54) is 6.42 Å². The van der Waals surface area contributed by atoms with E-state index < -0.39 is 0 Å². The Labute approximate surface area is 77.7 Å². The molecule has 3 fully saturated rings. The summed E-state index contributed by atoms with van der Waals surface area (Å²) in [6.45, 7) is 0. The van der Waals surface area contributed by atoms with Gasteiger partial charge in [-0.2, -0.15) is 0 Å². The van der Waals surface area contributed by atoms with Crippen molar-refractivity contribution in [3.8, 4) is 0 Å². The van der Waals surface area contributed by atoms with Gasteiger partial charge in [0.05, 0.1) is 0 Å². The molecule has 0 N–H and O–H groups in total. The molecule has 2 nitrogen and oxygen atoms in total. The number of carbonyl (C=O) groups excluding carboxylic acids is 2. The number of rotatable bonds is 0. The van der Waals surface area contributed by atoms with Crippen LogP contribution in [0.5, 0.6) is 0 Å². The monoisotopic (exact) mass is 178 g/mol. The van der Waals surface area contributed by atoms with Crippen LogP contribution in [0.25, 0.3) is 0 Å². The van der Waals surface area contributed by atoms with Gasteiger partial charge in [-0.15, -0.1) is 0 Å². The van der Waals surface area contributed by atoms with Crippen LogP contribution < -0.4 is 0 Å². The molecule has 0 amide bonds. The van der Waals surface area contributed by atoms with E-state index in [4.69, 9.17) is 0 Å². The minimum Gasteiger partial charge on any atom is -0.300 e. The van der Waals surface area contributed by atoms with Gasteiger partial charge in [0.1, 0.15) is 11.6 Å². The van der Waals surface area contributed by atoms with Gasteiger partial charge < -0.3 is 0 Å². The molecule has 3 aliphatic carbocycles. The Bertz CT molecular complexity index is 258. The Kier molecular flexibility index (Phi) is 1.44. The summed E-state index contributed by atoms with van der Waals surface area (Å²) >= 11 is 0. The van der Waals surface area contributed by atoms with E-state index in [0.29, 0.717) is 36.2 Å². The lowest BCUT2D eigenvalue weighted by Crippen LogP contribution is -2.23. The lowest BCUT2D eigenvalue weighted by molar-refractivity contribution is -0.127. The summed E-state index contributed by atoms with van der Waals surface area (Å²) in [5.74, 6) is 2.35. The fourth-order valence-electron chi connectivity index (χ4n) is 3.76. The smallest absolute Gasteiger partial charge is 0.139 e. The zero-order valence-electron chi connectivity index (χ0n) is 7.66. The molecular weight excluding hydrogens is 164 g/mol. The largest absolute Gasteiger partial charge is 0.300 e. The van der Waals surface area contributed by atoms with Crippen LogP contribution in [-0.2, 0) is 9.59 Å². The van der Waals surface area contributed by atoms with Crippen molar-refractivity contribution in [1.29, 1.82) is 0 Å². The molecule has 0 spiro atoms. The third-order valence-corrected chi connectivity index (χ3v) is 4.27. The molecule has 3 saturated carbocycles. The van der Waals surface area contributed by atoms with E-state index in [9.17, 15) is 9.59 Å². The van der Waals surface area contributed by atoms with Crippen molar-refractivity contribution in [2.75, 3.05) is 0 Å². The van der Waals surface area contributed by atoms with Crippen molar-refractivity contribution < 1.29 is 9.59 Å². The summed E-state index contributed by atoms with van der Waals surface area (Å²) < 4.78 is 0. The van der Waals surface area contributed by atoms with E-state index in [1.54, 1.807) is 0 Å². The van der Waals surface area contributed by atoms with Gasteiger partial charge in [-0.25, -0.2) is 0 Å². The molecule has 0 heterocycles. The molecule has 4 atom stereocenters. The van der Waals surface area contributed by atoms with Gasteiger partial charge in [-0.05, 0) is 24.7 Å². The first-order chi connectivity index (χ1) is 6.27. The van der Waals surface area contributed by atoms with Crippen LogP contribution in [0.3, 0.4) is 0 Å². The molecule has 0 radical (unpaired) electrons. The highest BCUT2D eigenvalue weighted by Crippen LogP contribution is 2.53. The van der Waals surface area contributed by atoms with Crippen molar-refractivity contribution in [3.05, 3.63) is 0 Å². The quantitative estimate of drug-likeness (QED) is 0.564. The molecule has 3 aliphatic rings. The number of Topliss-reactive ketones (excluding diaryl/α,β-unsaturated/α-hetero) is 2. The fraction of sp³-hybridized carbons (Fsp3) is 0.818. The summed E-state index contributed by atoms with van der Waals surface area (Å²) in [5, 5.41) is 0. The van der Waals surface area contributed by atoms with Crippen LogP contribution in [0, 0.1) is 23.7 Å². The van der Waals surface area contributed by atoms with E-state index >= 15 is 0 Å². The SMILES string of the molecule is O=C1C[C@@H]2[C@H](C1)[C@H]1CCC[C@@H]2C1=O. The van der Waals surface area contributed by atoms with E-state index in [0.717, 1.165) is 12.8 Å². The highest BCUT2D eigenvalue weighted by molar-refractivity contribution is 5.92. The maximum Gasteiger partial charge on any atom is 0.139 e. The first-order valence-corrected chi connectivity index (χ1v) is 5.33. The van der Waals surface area contributed by atoms with Crippen molar-refractivity contribution in [3.63, 3.8) is 0 Å². The van der Waals surface area contributed by atoms with Crippen LogP contribution in [0.15, 0.2) is 0 Å². The standard InChI is InChI=1S/C11H14O2/c12-6-4-9-7-2-1-3-8(11(7)13)10(9)5-6/h7-10H,1-5H2/t7-,8+,9-,10+. The average Bonchev–Trinajstić information content (AvgIpc) is 2.50. The Balaban J connectivity index is 1.97. The van der Waals surface area contributed by atoms with Crippen molar-refractivity contribution in [2.24, 2.45) is 23.7 Å². The molecule has 0 aromatic rings. The Morgan fingerprint density at radius 3 is 2.00 bits per heavy atom. The first kappa shape index (κ1) is 7.72. The zero-order chi connectivity index (χ0) is 9.00. The molecule has 2 heteroatoms. The van der Waals surface area contributed by atoms with Crippen LogP contribution in [0.1, 0.15) is 32.1 Å². The Hall–Kier alpha value is -0.660. The lowest BCUT2D eigenvalue weighted by Gasteiger charge is -2.19. The molecule has 13 heavy (non-hydrogen) atoms. The maximum atomic E-state index is 11.8. The third-order valence-electron chi connectivity index (χ3n) is 4.27. The molecule has 0 aromatic carbocycles. The Morgan fingerprint density at radius 1 is 0.923 bits per heavy atom. The molecule has 3 rings (SSSR count). The molecule has 0 saturated heterocycles. The number of hydrogen-bond acceptors (Lipinski definition) is 2. The molecule has 0 aliphatic heterocycles. The average molecular weight is 178 g/mol. The van der Waals surface area contributed by atoms with E-state index in [2.05, 4.69) is 0 Å². The normalized spacial score (nSPS) is 48.3. The highest BCUT2D eigenvalue weighted by atomic mass is 16.1. The first-order valence-electron chi connectivity index (χ1n) is 5.33. The summed E-state index contributed by atoms with van der Waals surface area (Å²) in [6.07, 6.45) is 4.74. The van der Waals surface area contributed by atoms with Crippen LogP contribution in [0.2, 0.25) is 0 Å². The van der Waals surface area contributed by atoms with Gasteiger partial charge in [0, 0.05) is 24.7 Å². The van der Waals surface area contributed by atoms with Gasteiger partial charge in [0.2, 0.25) is 0 Å². The molecule has 2 bridgehead atoms.